The molecule has 0 saturated heterocycles. The molecule has 0 fully saturated rings. The zero-order valence-electron chi connectivity index (χ0n) is 6.47. The monoisotopic (exact) mass is 170 g/mol. The lowest BCUT2D eigenvalue weighted by Gasteiger charge is -2.01. The smallest absolute Gasteiger partial charge is 0.232 e. The second-order valence-corrected chi connectivity index (χ2v) is 2.08. The van der Waals surface area contributed by atoms with E-state index in [1.807, 2.05) is 0 Å². The molecule has 1 aromatic heterocycles. The second-order valence-electron chi connectivity index (χ2n) is 2.08. The van der Waals surface area contributed by atoms with Crippen molar-refractivity contribution in [2.75, 3.05) is 13.2 Å². The molecule has 1 heterocycles. The van der Waals surface area contributed by atoms with Crippen LogP contribution in [-0.4, -0.2) is 33.4 Å². The molecule has 0 amide bonds. The van der Waals surface area contributed by atoms with Gasteiger partial charge in [-0.25, -0.2) is 4.98 Å². The summed E-state index contributed by atoms with van der Waals surface area (Å²) >= 11 is 0. The lowest BCUT2D eigenvalue weighted by Crippen LogP contribution is -2.03. The molecule has 0 aliphatic rings. The molecule has 0 radical (unpaired) electrons. The number of nitrogens with zero attached hydrogens (tertiary/aromatic N) is 2. The summed E-state index contributed by atoms with van der Waals surface area (Å²) in [5.74, 6) is 0.348. The van der Waals surface area contributed by atoms with E-state index < -0.39 is 0 Å². The van der Waals surface area contributed by atoms with E-state index in [2.05, 4.69) is 9.97 Å². The highest BCUT2D eigenvalue weighted by molar-refractivity contribution is 5.06. The zero-order valence-corrected chi connectivity index (χ0v) is 6.47. The van der Waals surface area contributed by atoms with Crippen LogP contribution in [0.2, 0.25) is 0 Å². The van der Waals surface area contributed by atoms with Gasteiger partial charge in [-0.05, 0) is 0 Å². The van der Waals surface area contributed by atoms with Crippen molar-refractivity contribution in [3.8, 4) is 5.88 Å². The maximum Gasteiger partial charge on any atom is 0.232 e. The summed E-state index contributed by atoms with van der Waals surface area (Å²) in [6, 6.07) is 0. The summed E-state index contributed by atoms with van der Waals surface area (Å²) in [5.41, 5.74) is 0.492. The fourth-order valence-corrected chi connectivity index (χ4v) is 0.649. The Bertz CT molecular complexity index is 225. The van der Waals surface area contributed by atoms with Crippen molar-refractivity contribution in [3.05, 3.63) is 18.1 Å². The van der Waals surface area contributed by atoms with Gasteiger partial charge in [0, 0.05) is 0 Å². The molecule has 0 bridgehead atoms. The highest BCUT2D eigenvalue weighted by Crippen LogP contribution is 2.02. The van der Waals surface area contributed by atoms with Gasteiger partial charge in [0.1, 0.15) is 6.61 Å². The van der Waals surface area contributed by atoms with Gasteiger partial charge in [-0.3, -0.25) is 4.98 Å². The Morgan fingerprint density at radius 2 is 2.08 bits per heavy atom. The lowest BCUT2D eigenvalue weighted by molar-refractivity contribution is 0.195. The van der Waals surface area contributed by atoms with Crippen LogP contribution in [0, 0.1) is 0 Å². The summed E-state index contributed by atoms with van der Waals surface area (Å²) in [4.78, 5) is 7.66. The predicted octanol–water partition coefficient (Wildman–Crippen LogP) is -0.660. The molecule has 0 aliphatic carbocycles. The minimum absolute atomic E-state index is 0.0522. The Balaban J connectivity index is 2.53. The van der Waals surface area contributed by atoms with Crippen molar-refractivity contribution in [2.24, 2.45) is 0 Å². The van der Waals surface area contributed by atoms with E-state index in [0.29, 0.717) is 11.6 Å². The van der Waals surface area contributed by atoms with E-state index in [4.69, 9.17) is 14.9 Å². The molecule has 1 rings (SSSR count). The molecule has 0 aromatic carbocycles. The largest absolute Gasteiger partial charge is 0.474 e. The molecular weight excluding hydrogens is 160 g/mol. The third-order valence-corrected chi connectivity index (χ3v) is 1.18. The zero-order chi connectivity index (χ0) is 8.81. The van der Waals surface area contributed by atoms with Gasteiger partial charge in [-0.15, -0.1) is 0 Å². The summed E-state index contributed by atoms with van der Waals surface area (Å²) in [6.45, 7) is 0.0177. The first kappa shape index (κ1) is 8.89. The van der Waals surface area contributed by atoms with Crippen molar-refractivity contribution in [1.82, 2.24) is 9.97 Å². The van der Waals surface area contributed by atoms with Crippen LogP contribution in [0.4, 0.5) is 0 Å². The van der Waals surface area contributed by atoms with Gasteiger partial charge in [0.2, 0.25) is 5.88 Å². The summed E-state index contributed by atoms with van der Waals surface area (Å²) in [6.07, 6.45) is 2.83. The minimum atomic E-state index is -0.132. The van der Waals surface area contributed by atoms with Crippen LogP contribution >= 0.6 is 0 Å². The second kappa shape index (κ2) is 4.63. The number of rotatable bonds is 4. The third-order valence-electron chi connectivity index (χ3n) is 1.18. The molecular formula is C7H10N2O3. The first-order valence-electron chi connectivity index (χ1n) is 3.52. The minimum Gasteiger partial charge on any atom is -0.474 e. The first-order valence-corrected chi connectivity index (χ1v) is 3.52. The molecule has 0 saturated carbocycles. The first-order chi connectivity index (χ1) is 5.86. The summed E-state index contributed by atoms with van der Waals surface area (Å²) in [7, 11) is 0. The van der Waals surface area contributed by atoms with E-state index in [1.165, 1.54) is 12.4 Å². The van der Waals surface area contributed by atoms with Gasteiger partial charge >= 0.3 is 0 Å². The molecule has 5 heteroatoms. The van der Waals surface area contributed by atoms with E-state index in [-0.39, 0.29) is 19.8 Å². The number of hydrogen-bond donors (Lipinski definition) is 2. The molecule has 5 nitrogen and oxygen atoms in total. The highest BCUT2D eigenvalue weighted by atomic mass is 16.5. The number of aliphatic hydroxyl groups excluding tert-OH is 2. The normalized spacial score (nSPS) is 9.83. The fraction of sp³-hybridized carbons (Fsp3) is 0.429. The van der Waals surface area contributed by atoms with Crippen molar-refractivity contribution < 1.29 is 14.9 Å². The SMILES string of the molecule is OCCOc1cnc(CO)cn1. The number of aliphatic hydroxyl groups is 2. The molecule has 0 unspecified atom stereocenters. The third kappa shape index (κ3) is 2.44. The molecule has 66 valence electrons. The molecule has 0 atom stereocenters. The van der Waals surface area contributed by atoms with Crippen LogP contribution in [0.1, 0.15) is 5.69 Å². The number of ether oxygens (including phenoxy) is 1. The quantitative estimate of drug-likeness (QED) is 0.627. The Hall–Kier alpha value is -1.20. The number of aromatic nitrogens is 2. The molecule has 0 aliphatic heterocycles. The van der Waals surface area contributed by atoms with Gasteiger partial charge in [-0.1, -0.05) is 0 Å². The maximum atomic E-state index is 8.62. The Morgan fingerprint density at radius 3 is 2.58 bits per heavy atom. The fourth-order valence-electron chi connectivity index (χ4n) is 0.649. The van der Waals surface area contributed by atoms with Crippen LogP contribution in [0.3, 0.4) is 0 Å². The van der Waals surface area contributed by atoms with Crippen molar-refractivity contribution in [1.29, 1.82) is 0 Å². The van der Waals surface area contributed by atoms with Crippen LogP contribution < -0.4 is 4.74 Å². The van der Waals surface area contributed by atoms with Crippen LogP contribution in [0.5, 0.6) is 5.88 Å². The van der Waals surface area contributed by atoms with Crippen LogP contribution in [0.25, 0.3) is 0 Å². The maximum absolute atomic E-state index is 8.62. The molecule has 12 heavy (non-hydrogen) atoms. The van der Waals surface area contributed by atoms with E-state index in [1.54, 1.807) is 0 Å². The van der Waals surface area contributed by atoms with Crippen molar-refractivity contribution in [2.45, 2.75) is 6.61 Å². The highest BCUT2D eigenvalue weighted by Gasteiger charge is 1.95. The van der Waals surface area contributed by atoms with E-state index in [0.717, 1.165) is 0 Å². The van der Waals surface area contributed by atoms with Crippen molar-refractivity contribution >= 4 is 0 Å². The van der Waals surface area contributed by atoms with Gasteiger partial charge < -0.3 is 14.9 Å². The van der Waals surface area contributed by atoms with E-state index >= 15 is 0 Å². The predicted molar refractivity (Wildman–Crippen MR) is 40.5 cm³/mol. The average molecular weight is 170 g/mol. The van der Waals surface area contributed by atoms with Crippen LogP contribution in [-0.2, 0) is 6.61 Å². The Morgan fingerprint density at radius 1 is 1.25 bits per heavy atom. The van der Waals surface area contributed by atoms with Crippen LogP contribution in [0.15, 0.2) is 12.4 Å². The van der Waals surface area contributed by atoms with Gasteiger partial charge in [0.15, 0.2) is 0 Å². The van der Waals surface area contributed by atoms with Gasteiger partial charge in [0.05, 0.1) is 31.3 Å². The lowest BCUT2D eigenvalue weighted by atomic mass is 10.5. The van der Waals surface area contributed by atoms with Gasteiger partial charge in [0.25, 0.3) is 0 Å². The summed E-state index contributed by atoms with van der Waals surface area (Å²) in [5, 5.41) is 17.0. The van der Waals surface area contributed by atoms with Gasteiger partial charge in [-0.2, -0.15) is 0 Å². The average Bonchev–Trinajstić information content (AvgIpc) is 2.15. The standard InChI is InChI=1S/C7H10N2O3/c10-1-2-12-7-4-8-6(5-11)3-9-7/h3-4,10-11H,1-2,5H2. The molecule has 2 N–H and O–H groups in total. The molecule has 0 spiro atoms. The topological polar surface area (TPSA) is 75.5 Å². The van der Waals surface area contributed by atoms with Crippen molar-refractivity contribution in [3.63, 3.8) is 0 Å². The summed E-state index contributed by atoms with van der Waals surface area (Å²) < 4.78 is 4.95. The van der Waals surface area contributed by atoms with E-state index in [9.17, 15) is 0 Å². The Labute approximate surface area is 69.7 Å². The Kier molecular flexibility index (Phi) is 3.43. The number of hydrogen-bond acceptors (Lipinski definition) is 5. The molecule has 1 aromatic rings.